The van der Waals surface area contributed by atoms with Gasteiger partial charge in [-0.1, -0.05) is 13.0 Å². The second-order valence-electron chi connectivity index (χ2n) is 6.35. The van der Waals surface area contributed by atoms with Gasteiger partial charge in [0.15, 0.2) is 5.96 Å². The standard InChI is InChI=1S/C19H30FN3OS2.HI/c1-4-26-19(7-9-24-10-8-19)14-23-18(21-2)22-12-15-5-6-17(20)11-16(15)13-25-3;/h5-6,11H,4,7-10,12-14H2,1-3H3,(H2,21,22,23);1H. The number of hydrogen-bond donors (Lipinski definition) is 2. The number of guanidine groups is 1. The summed E-state index contributed by atoms with van der Waals surface area (Å²) in [6, 6.07) is 5.00. The van der Waals surface area contributed by atoms with Crippen LogP contribution in [-0.2, 0) is 17.0 Å². The van der Waals surface area contributed by atoms with Gasteiger partial charge in [0.25, 0.3) is 0 Å². The van der Waals surface area contributed by atoms with Gasteiger partial charge in [-0.25, -0.2) is 4.39 Å². The molecule has 1 saturated heterocycles. The molecule has 1 fully saturated rings. The zero-order valence-electron chi connectivity index (χ0n) is 16.3. The van der Waals surface area contributed by atoms with E-state index >= 15 is 0 Å². The van der Waals surface area contributed by atoms with Crippen LogP contribution in [0.2, 0.25) is 0 Å². The van der Waals surface area contributed by atoms with Crippen molar-refractivity contribution in [2.24, 2.45) is 4.99 Å². The normalized spacial score (nSPS) is 16.5. The molecule has 0 amide bonds. The maximum Gasteiger partial charge on any atom is 0.191 e. The molecule has 1 aromatic carbocycles. The Morgan fingerprint density at radius 3 is 2.63 bits per heavy atom. The summed E-state index contributed by atoms with van der Waals surface area (Å²) in [6.07, 6.45) is 4.15. The number of nitrogens with one attached hydrogen (secondary N) is 2. The molecule has 8 heteroatoms. The lowest BCUT2D eigenvalue weighted by Gasteiger charge is -2.37. The molecule has 0 saturated carbocycles. The molecular weight excluding hydrogens is 496 g/mol. The summed E-state index contributed by atoms with van der Waals surface area (Å²) < 4.78 is 19.2. The summed E-state index contributed by atoms with van der Waals surface area (Å²) in [7, 11) is 1.78. The van der Waals surface area contributed by atoms with E-state index in [0.29, 0.717) is 6.54 Å². The number of ether oxygens (including phenoxy) is 1. The topological polar surface area (TPSA) is 45.7 Å². The Balaban J connectivity index is 0.00000364. The fourth-order valence-electron chi connectivity index (χ4n) is 3.12. The van der Waals surface area contributed by atoms with Gasteiger partial charge in [-0.15, -0.1) is 24.0 Å². The van der Waals surface area contributed by atoms with Gasteiger partial charge in [-0.2, -0.15) is 23.5 Å². The largest absolute Gasteiger partial charge is 0.381 e. The molecule has 0 bridgehead atoms. The summed E-state index contributed by atoms with van der Waals surface area (Å²) in [5.41, 5.74) is 2.13. The molecule has 0 aromatic heterocycles. The van der Waals surface area contributed by atoms with Crippen LogP contribution in [0, 0.1) is 5.82 Å². The van der Waals surface area contributed by atoms with Crippen LogP contribution in [0.25, 0.3) is 0 Å². The summed E-state index contributed by atoms with van der Waals surface area (Å²) in [6.45, 7) is 5.36. The Hall–Kier alpha value is -0.190. The first-order valence-corrected chi connectivity index (χ1v) is 11.4. The first-order valence-electron chi connectivity index (χ1n) is 9.05. The third-order valence-electron chi connectivity index (χ3n) is 4.57. The molecule has 1 heterocycles. The molecule has 0 spiro atoms. The van der Waals surface area contributed by atoms with Crippen LogP contribution >= 0.6 is 47.5 Å². The predicted molar refractivity (Wildman–Crippen MR) is 128 cm³/mol. The predicted octanol–water partition coefficient (Wildman–Crippen LogP) is 4.27. The fourth-order valence-corrected chi connectivity index (χ4v) is 4.94. The molecule has 1 aliphatic rings. The fraction of sp³-hybridized carbons (Fsp3) is 0.632. The van der Waals surface area contributed by atoms with E-state index in [9.17, 15) is 4.39 Å². The van der Waals surface area contributed by atoms with Gasteiger partial charge in [0.2, 0.25) is 0 Å². The molecular formula is C19H31FIN3OS2. The van der Waals surface area contributed by atoms with Crippen molar-refractivity contribution in [1.82, 2.24) is 10.6 Å². The van der Waals surface area contributed by atoms with Gasteiger partial charge in [0.1, 0.15) is 5.82 Å². The Morgan fingerprint density at radius 2 is 2.00 bits per heavy atom. The van der Waals surface area contributed by atoms with Crippen LogP contribution in [0.1, 0.15) is 30.9 Å². The minimum atomic E-state index is -0.182. The van der Waals surface area contributed by atoms with Crippen LogP contribution in [-0.4, -0.2) is 49.5 Å². The van der Waals surface area contributed by atoms with E-state index in [-0.39, 0.29) is 34.5 Å². The molecule has 1 aromatic rings. The monoisotopic (exact) mass is 527 g/mol. The third-order valence-corrected chi connectivity index (χ3v) is 6.62. The Labute approximate surface area is 188 Å². The first-order chi connectivity index (χ1) is 12.6. The maximum atomic E-state index is 13.5. The van der Waals surface area contributed by atoms with Crippen LogP contribution in [0.5, 0.6) is 0 Å². The van der Waals surface area contributed by atoms with E-state index in [0.717, 1.165) is 61.2 Å². The van der Waals surface area contributed by atoms with E-state index in [2.05, 4.69) is 22.5 Å². The highest BCUT2D eigenvalue weighted by Crippen LogP contribution is 2.34. The van der Waals surface area contributed by atoms with Crippen molar-refractivity contribution in [3.8, 4) is 0 Å². The lowest BCUT2D eigenvalue weighted by molar-refractivity contribution is 0.0782. The summed E-state index contributed by atoms with van der Waals surface area (Å²) in [5.74, 6) is 2.50. The van der Waals surface area contributed by atoms with Crippen molar-refractivity contribution in [2.45, 2.75) is 36.8 Å². The first kappa shape index (κ1) is 24.8. The van der Waals surface area contributed by atoms with Gasteiger partial charge in [-0.3, -0.25) is 4.99 Å². The molecule has 2 N–H and O–H groups in total. The van der Waals surface area contributed by atoms with E-state index in [4.69, 9.17) is 4.74 Å². The van der Waals surface area contributed by atoms with Gasteiger partial charge in [-0.05, 0) is 48.1 Å². The highest BCUT2D eigenvalue weighted by molar-refractivity contribution is 14.0. The molecule has 0 unspecified atom stereocenters. The SMILES string of the molecule is CCSC1(CNC(=NC)NCc2ccc(F)cc2CSC)CCOCC1.I. The van der Waals surface area contributed by atoms with Crippen molar-refractivity contribution in [3.05, 3.63) is 35.1 Å². The zero-order chi connectivity index (χ0) is 18.8. The average Bonchev–Trinajstić information content (AvgIpc) is 2.64. The second-order valence-corrected chi connectivity index (χ2v) is 8.95. The van der Waals surface area contributed by atoms with Crippen LogP contribution in [0.4, 0.5) is 4.39 Å². The van der Waals surface area contributed by atoms with Crippen LogP contribution < -0.4 is 10.6 Å². The smallest absolute Gasteiger partial charge is 0.191 e. The van der Waals surface area contributed by atoms with Crippen molar-refractivity contribution in [1.29, 1.82) is 0 Å². The van der Waals surface area contributed by atoms with Crippen LogP contribution in [0.15, 0.2) is 23.2 Å². The molecule has 1 aliphatic heterocycles. The molecule has 0 radical (unpaired) electrons. The number of nitrogens with zero attached hydrogens (tertiary/aromatic N) is 1. The van der Waals surface area contributed by atoms with Gasteiger partial charge in [0, 0.05) is 43.9 Å². The lowest BCUT2D eigenvalue weighted by Crippen LogP contribution is -2.48. The van der Waals surface area contributed by atoms with Crippen molar-refractivity contribution in [2.75, 3.05) is 38.8 Å². The molecule has 4 nitrogen and oxygen atoms in total. The quantitative estimate of drug-likeness (QED) is 0.301. The molecule has 0 atom stereocenters. The van der Waals surface area contributed by atoms with Crippen molar-refractivity contribution < 1.29 is 9.13 Å². The number of hydrogen-bond acceptors (Lipinski definition) is 4. The number of benzene rings is 1. The van der Waals surface area contributed by atoms with E-state index in [1.54, 1.807) is 24.9 Å². The van der Waals surface area contributed by atoms with Crippen molar-refractivity contribution in [3.63, 3.8) is 0 Å². The number of rotatable bonds is 8. The van der Waals surface area contributed by atoms with E-state index < -0.39 is 0 Å². The number of halogens is 2. The highest BCUT2D eigenvalue weighted by atomic mass is 127. The number of thioether (sulfide) groups is 2. The van der Waals surface area contributed by atoms with Gasteiger partial charge in [0.05, 0.1) is 0 Å². The summed E-state index contributed by atoms with van der Waals surface area (Å²) in [5, 5.41) is 6.85. The van der Waals surface area contributed by atoms with E-state index in [1.807, 2.05) is 24.1 Å². The lowest BCUT2D eigenvalue weighted by atomic mass is 9.99. The minimum absolute atomic E-state index is 0. The molecule has 154 valence electrons. The van der Waals surface area contributed by atoms with Crippen LogP contribution in [0.3, 0.4) is 0 Å². The average molecular weight is 528 g/mol. The highest BCUT2D eigenvalue weighted by Gasteiger charge is 2.32. The third kappa shape index (κ3) is 7.98. The number of aliphatic imine (C=N–C) groups is 1. The van der Waals surface area contributed by atoms with Gasteiger partial charge >= 0.3 is 0 Å². The molecule has 0 aliphatic carbocycles. The summed E-state index contributed by atoms with van der Waals surface area (Å²) in [4.78, 5) is 4.35. The van der Waals surface area contributed by atoms with E-state index in [1.165, 1.54) is 6.07 Å². The molecule has 2 rings (SSSR count). The Bertz CT molecular complexity index is 593. The minimum Gasteiger partial charge on any atom is -0.381 e. The molecule has 27 heavy (non-hydrogen) atoms. The van der Waals surface area contributed by atoms with Crippen molar-refractivity contribution >= 4 is 53.5 Å². The Morgan fingerprint density at radius 1 is 1.26 bits per heavy atom. The Kier molecular flexibility index (Phi) is 12.1. The second kappa shape index (κ2) is 13.1. The van der Waals surface area contributed by atoms with Gasteiger partial charge < -0.3 is 15.4 Å². The zero-order valence-corrected chi connectivity index (χ0v) is 20.3. The summed E-state index contributed by atoms with van der Waals surface area (Å²) >= 11 is 3.70. The maximum absolute atomic E-state index is 13.5.